The van der Waals surface area contributed by atoms with Crippen LogP contribution in [0.4, 0.5) is 0 Å². The summed E-state index contributed by atoms with van der Waals surface area (Å²) >= 11 is 0. The molecule has 0 unspecified atom stereocenters. The molecule has 0 saturated heterocycles. The van der Waals surface area contributed by atoms with Crippen LogP contribution in [0.5, 0.6) is 0 Å². The SMILES string of the molecule is Cc1cc(-n2ncc3c2CCCC3=O)nc(C)n1. The van der Waals surface area contributed by atoms with E-state index in [1.165, 1.54) is 0 Å². The lowest BCUT2D eigenvalue weighted by molar-refractivity contribution is 0.0972. The number of carbonyl (C=O) groups excluding carboxylic acids is 1. The van der Waals surface area contributed by atoms with Gasteiger partial charge in [0.2, 0.25) is 0 Å². The summed E-state index contributed by atoms with van der Waals surface area (Å²) in [5.74, 6) is 1.65. The minimum absolute atomic E-state index is 0.185. The standard InChI is InChI=1S/C13H14N4O/c1-8-6-13(16-9(2)15-8)17-11-4-3-5-12(18)10(11)7-14-17/h6-7H,3-5H2,1-2H3. The summed E-state index contributed by atoms with van der Waals surface area (Å²) in [4.78, 5) is 20.4. The van der Waals surface area contributed by atoms with Crippen LogP contribution < -0.4 is 0 Å². The number of aryl methyl sites for hydroxylation is 2. The number of hydrogen-bond donors (Lipinski definition) is 0. The number of Topliss-reactive ketones (excluding diaryl/α,β-unsaturated/α-hetero) is 1. The van der Waals surface area contributed by atoms with Crippen molar-refractivity contribution in [2.45, 2.75) is 33.1 Å². The zero-order valence-corrected chi connectivity index (χ0v) is 10.5. The summed E-state index contributed by atoms with van der Waals surface area (Å²) in [5.41, 5.74) is 2.63. The Kier molecular flexibility index (Phi) is 2.47. The van der Waals surface area contributed by atoms with Crippen LogP contribution in [0, 0.1) is 13.8 Å². The van der Waals surface area contributed by atoms with E-state index >= 15 is 0 Å². The summed E-state index contributed by atoms with van der Waals surface area (Å²) < 4.78 is 1.77. The van der Waals surface area contributed by atoms with Gasteiger partial charge in [-0.15, -0.1) is 0 Å². The highest BCUT2D eigenvalue weighted by molar-refractivity contribution is 5.97. The van der Waals surface area contributed by atoms with Crippen LogP contribution in [0.2, 0.25) is 0 Å². The van der Waals surface area contributed by atoms with Crippen molar-refractivity contribution in [1.29, 1.82) is 0 Å². The van der Waals surface area contributed by atoms with E-state index in [-0.39, 0.29) is 5.78 Å². The highest BCUT2D eigenvalue weighted by Crippen LogP contribution is 2.23. The van der Waals surface area contributed by atoms with Crippen molar-refractivity contribution in [3.63, 3.8) is 0 Å². The normalized spacial score (nSPS) is 14.7. The number of ketones is 1. The number of aromatic nitrogens is 4. The van der Waals surface area contributed by atoms with Crippen molar-refractivity contribution < 1.29 is 4.79 Å². The van der Waals surface area contributed by atoms with Crippen molar-refractivity contribution in [3.05, 3.63) is 35.0 Å². The maximum atomic E-state index is 11.8. The van der Waals surface area contributed by atoms with Gasteiger partial charge < -0.3 is 0 Å². The average Bonchev–Trinajstić information content (AvgIpc) is 2.73. The molecule has 1 aliphatic carbocycles. The van der Waals surface area contributed by atoms with E-state index in [0.29, 0.717) is 6.42 Å². The number of carbonyl (C=O) groups is 1. The Bertz CT molecular complexity index is 610. The second-order valence-corrected chi connectivity index (χ2v) is 4.61. The van der Waals surface area contributed by atoms with Crippen molar-refractivity contribution in [3.8, 4) is 5.82 Å². The molecule has 0 amide bonds. The van der Waals surface area contributed by atoms with E-state index in [0.717, 1.165) is 41.4 Å². The first kappa shape index (κ1) is 11.1. The number of hydrogen-bond acceptors (Lipinski definition) is 4. The topological polar surface area (TPSA) is 60.7 Å². The van der Waals surface area contributed by atoms with Gasteiger partial charge in [-0.1, -0.05) is 0 Å². The summed E-state index contributed by atoms with van der Waals surface area (Å²) in [7, 11) is 0. The predicted octanol–water partition coefficient (Wildman–Crippen LogP) is 1.80. The van der Waals surface area contributed by atoms with Gasteiger partial charge in [0.1, 0.15) is 5.82 Å². The third kappa shape index (κ3) is 1.72. The van der Waals surface area contributed by atoms with Crippen molar-refractivity contribution in [2.75, 3.05) is 0 Å². The summed E-state index contributed by atoms with van der Waals surface area (Å²) in [6.45, 7) is 3.79. The molecule has 18 heavy (non-hydrogen) atoms. The third-order valence-corrected chi connectivity index (χ3v) is 3.16. The molecule has 3 rings (SSSR count). The smallest absolute Gasteiger partial charge is 0.166 e. The molecule has 0 fully saturated rings. The Morgan fingerprint density at radius 3 is 2.83 bits per heavy atom. The Hall–Kier alpha value is -2.04. The molecule has 0 aliphatic heterocycles. The zero-order chi connectivity index (χ0) is 12.7. The van der Waals surface area contributed by atoms with Gasteiger partial charge in [0.15, 0.2) is 11.6 Å². The van der Waals surface area contributed by atoms with Crippen LogP contribution in [0.25, 0.3) is 5.82 Å². The van der Waals surface area contributed by atoms with Gasteiger partial charge in [-0.2, -0.15) is 5.10 Å². The molecule has 0 aromatic carbocycles. The molecule has 5 nitrogen and oxygen atoms in total. The first-order chi connectivity index (χ1) is 8.65. The van der Waals surface area contributed by atoms with Crippen LogP contribution in [-0.4, -0.2) is 25.5 Å². The number of nitrogens with zero attached hydrogens (tertiary/aromatic N) is 4. The molecular formula is C13H14N4O. The maximum Gasteiger partial charge on any atom is 0.166 e. The van der Waals surface area contributed by atoms with Gasteiger partial charge in [0, 0.05) is 18.2 Å². The molecule has 0 N–H and O–H groups in total. The van der Waals surface area contributed by atoms with Gasteiger partial charge in [-0.05, 0) is 26.7 Å². The van der Waals surface area contributed by atoms with Gasteiger partial charge in [0.05, 0.1) is 17.5 Å². The largest absolute Gasteiger partial charge is 0.294 e. The molecule has 92 valence electrons. The molecule has 2 aromatic rings. The zero-order valence-electron chi connectivity index (χ0n) is 10.5. The Morgan fingerprint density at radius 1 is 1.22 bits per heavy atom. The average molecular weight is 242 g/mol. The fourth-order valence-corrected chi connectivity index (χ4v) is 2.40. The number of rotatable bonds is 1. The molecule has 2 heterocycles. The molecular weight excluding hydrogens is 228 g/mol. The fourth-order valence-electron chi connectivity index (χ4n) is 2.40. The second kappa shape index (κ2) is 4.01. The first-order valence-electron chi connectivity index (χ1n) is 6.08. The van der Waals surface area contributed by atoms with Crippen molar-refractivity contribution in [2.24, 2.45) is 0 Å². The highest BCUT2D eigenvalue weighted by Gasteiger charge is 2.22. The van der Waals surface area contributed by atoms with Crippen LogP contribution >= 0.6 is 0 Å². The van der Waals surface area contributed by atoms with E-state index < -0.39 is 0 Å². The lowest BCUT2D eigenvalue weighted by Crippen LogP contribution is -2.14. The van der Waals surface area contributed by atoms with E-state index in [4.69, 9.17) is 0 Å². The summed E-state index contributed by atoms with van der Waals surface area (Å²) in [5, 5.41) is 4.31. The summed E-state index contributed by atoms with van der Waals surface area (Å²) in [6, 6.07) is 1.89. The van der Waals surface area contributed by atoms with Crippen LogP contribution in [0.3, 0.4) is 0 Å². The molecule has 0 saturated carbocycles. The summed E-state index contributed by atoms with van der Waals surface area (Å²) in [6.07, 6.45) is 4.05. The van der Waals surface area contributed by atoms with Crippen molar-refractivity contribution in [1.82, 2.24) is 19.7 Å². The molecule has 0 radical (unpaired) electrons. The molecule has 2 aromatic heterocycles. The van der Waals surface area contributed by atoms with Crippen LogP contribution in [0.1, 0.15) is 40.4 Å². The molecule has 0 bridgehead atoms. The minimum atomic E-state index is 0.185. The Morgan fingerprint density at radius 2 is 2.06 bits per heavy atom. The van der Waals surface area contributed by atoms with Gasteiger partial charge in [-0.3, -0.25) is 4.79 Å². The van der Waals surface area contributed by atoms with E-state index in [1.54, 1.807) is 10.9 Å². The molecule has 5 heteroatoms. The van der Waals surface area contributed by atoms with Crippen molar-refractivity contribution >= 4 is 5.78 Å². The second-order valence-electron chi connectivity index (χ2n) is 4.61. The van der Waals surface area contributed by atoms with Crippen LogP contribution in [0.15, 0.2) is 12.3 Å². The van der Waals surface area contributed by atoms with Gasteiger partial charge in [0.25, 0.3) is 0 Å². The minimum Gasteiger partial charge on any atom is -0.294 e. The fraction of sp³-hybridized carbons (Fsp3) is 0.385. The lowest BCUT2D eigenvalue weighted by Gasteiger charge is -2.13. The highest BCUT2D eigenvalue weighted by atomic mass is 16.1. The Labute approximate surface area is 105 Å². The van der Waals surface area contributed by atoms with Gasteiger partial charge >= 0.3 is 0 Å². The van der Waals surface area contributed by atoms with E-state index in [1.807, 2.05) is 19.9 Å². The van der Waals surface area contributed by atoms with E-state index in [2.05, 4.69) is 15.1 Å². The molecule has 0 atom stereocenters. The molecule has 1 aliphatic rings. The van der Waals surface area contributed by atoms with E-state index in [9.17, 15) is 4.79 Å². The third-order valence-electron chi connectivity index (χ3n) is 3.16. The lowest BCUT2D eigenvalue weighted by atomic mass is 9.97. The monoisotopic (exact) mass is 242 g/mol. The predicted molar refractivity (Wildman–Crippen MR) is 65.9 cm³/mol. The molecule has 0 spiro atoms. The Balaban J connectivity index is 2.15. The number of fused-ring (bicyclic) bond motifs is 1. The first-order valence-corrected chi connectivity index (χ1v) is 6.08. The van der Waals surface area contributed by atoms with Gasteiger partial charge in [-0.25, -0.2) is 14.6 Å². The maximum absolute atomic E-state index is 11.8. The quantitative estimate of drug-likeness (QED) is 0.765. The van der Waals surface area contributed by atoms with Crippen LogP contribution in [-0.2, 0) is 6.42 Å².